The molecule has 68 valence electrons. The van der Waals surface area contributed by atoms with Gasteiger partial charge in [-0.3, -0.25) is 4.90 Å². The van der Waals surface area contributed by atoms with Crippen LogP contribution in [0.1, 0.15) is 39.5 Å². The molecule has 2 aliphatic heterocycles. The summed E-state index contributed by atoms with van der Waals surface area (Å²) in [7, 11) is 0. The minimum absolute atomic E-state index is 0.757. The van der Waals surface area contributed by atoms with Crippen LogP contribution in [0.3, 0.4) is 0 Å². The molecule has 0 aromatic heterocycles. The number of hydrogen-bond acceptors (Lipinski definition) is 1. The lowest BCUT2D eigenvalue weighted by Crippen LogP contribution is -2.38. The first-order valence-electron chi connectivity index (χ1n) is 5.47. The van der Waals surface area contributed by atoms with Crippen LogP contribution < -0.4 is 0 Å². The predicted octanol–water partition coefficient (Wildman–Crippen LogP) is 2.27. The molecule has 1 heteroatoms. The van der Waals surface area contributed by atoms with E-state index in [1.807, 2.05) is 0 Å². The third-order valence-corrected chi connectivity index (χ3v) is 4.49. The Kier molecular flexibility index (Phi) is 1.27. The molecule has 12 heavy (non-hydrogen) atoms. The van der Waals surface area contributed by atoms with Crippen molar-refractivity contribution in [2.45, 2.75) is 51.6 Å². The summed E-state index contributed by atoms with van der Waals surface area (Å²) in [6.45, 7) is 6.25. The molecule has 2 aliphatic carbocycles. The van der Waals surface area contributed by atoms with Crippen LogP contribution in [-0.2, 0) is 0 Å². The van der Waals surface area contributed by atoms with Gasteiger partial charge in [0.15, 0.2) is 0 Å². The smallest absolute Gasteiger partial charge is 0.0110 e. The maximum atomic E-state index is 2.81. The lowest BCUT2D eigenvalue weighted by Gasteiger charge is -2.41. The van der Waals surface area contributed by atoms with Crippen molar-refractivity contribution >= 4 is 0 Å². The van der Waals surface area contributed by atoms with Gasteiger partial charge in [0.2, 0.25) is 0 Å². The van der Waals surface area contributed by atoms with Crippen molar-refractivity contribution in [2.75, 3.05) is 6.54 Å². The van der Waals surface area contributed by atoms with Crippen LogP contribution in [0.5, 0.6) is 0 Å². The summed E-state index contributed by atoms with van der Waals surface area (Å²) in [6, 6.07) is 2.01. The second-order valence-electron chi connectivity index (χ2n) is 5.48. The van der Waals surface area contributed by atoms with E-state index in [0.717, 1.165) is 23.4 Å². The molecule has 0 amide bonds. The number of fused-ring (bicyclic) bond motifs is 1. The third kappa shape index (κ3) is 0.783. The zero-order valence-corrected chi connectivity index (χ0v) is 8.21. The summed E-state index contributed by atoms with van der Waals surface area (Å²) in [6.07, 6.45) is 6.01. The average molecular weight is 165 g/mol. The standard InChI is InChI=1S/C11H19N/c1-8(2)11-5-10(6-11)12(7-11)9-3-4-9/h8-10H,3-7H2,1-2H3. The van der Waals surface area contributed by atoms with E-state index in [1.165, 1.54) is 32.2 Å². The highest BCUT2D eigenvalue weighted by Crippen LogP contribution is 2.58. The fraction of sp³-hybridized carbons (Fsp3) is 1.00. The maximum absolute atomic E-state index is 2.81. The molecule has 4 rings (SSSR count). The van der Waals surface area contributed by atoms with Crippen molar-refractivity contribution < 1.29 is 0 Å². The summed E-state index contributed by atoms with van der Waals surface area (Å²) in [5, 5.41) is 0. The summed E-state index contributed by atoms with van der Waals surface area (Å²) < 4.78 is 0. The first-order valence-corrected chi connectivity index (χ1v) is 5.47. The molecule has 0 radical (unpaired) electrons. The normalized spacial score (nSPS) is 46.8. The van der Waals surface area contributed by atoms with E-state index in [4.69, 9.17) is 0 Å². The van der Waals surface area contributed by atoms with E-state index in [1.54, 1.807) is 0 Å². The van der Waals surface area contributed by atoms with Crippen LogP contribution in [0.4, 0.5) is 0 Å². The van der Waals surface area contributed by atoms with Crippen molar-refractivity contribution in [3.8, 4) is 0 Å². The molecule has 0 atom stereocenters. The highest BCUT2D eigenvalue weighted by atomic mass is 15.3. The molecule has 4 fully saturated rings. The van der Waals surface area contributed by atoms with Crippen LogP contribution in [0, 0.1) is 11.3 Å². The van der Waals surface area contributed by atoms with Crippen LogP contribution in [0.15, 0.2) is 0 Å². The quantitative estimate of drug-likeness (QED) is 0.606. The van der Waals surface area contributed by atoms with Gasteiger partial charge in [-0.1, -0.05) is 13.8 Å². The Labute approximate surface area is 75.1 Å². The number of hydrogen-bond donors (Lipinski definition) is 0. The Morgan fingerprint density at radius 1 is 1.17 bits per heavy atom. The molecule has 2 bridgehead atoms. The van der Waals surface area contributed by atoms with Crippen molar-refractivity contribution in [1.82, 2.24) is 4.90 Å². The molecule has 0 N–H and O–H groups in total. The summed E-state index contributed by atoms with van der Waals surface area (Å²) >= 11 is 0. The first kappa shape index (κ1) is 7.37. The second-order valence-corrected chi connectivity index (χ2v) is 5.48. The fourth-order valence-electron chi connectivity index (χ4n) is 3.22. The Hall–Kier alpha value is -0.0400. The van der Waals surface area contributed by atoms with Gasteiger partial charge < -0.3 is 0 Å². The third-order valence-electron chi connectivity index (χ3n) is 4.49. The van der Waals surface area contributed by atoms with E-state index in [0.29, 0.717) is 0 Å². The van der Waals surface area contributed by atoms with Crippen LogP contribution in [0.25, 0.3) is 0 Å². The van der Waals surface area contributed by atoms with Gasteiger partial charge in [-0.25, -0.2) is 0 Å². The largest absolute Gasteiger partial charge is 0.297 e. The first-order chi connectivity index (χ1) is 5.71. The molecule has 2 saturated carbocycles. The van der Waals surface area contributed by atoms with E-state index in [2.05, 4.69) is 18.7 Å². The zero-order chi connectivity index (χ0) is 8.34. The Balaban J connectivity index is 1.75. The van der Waals surface area contributed by atoms with Crippen molar-refractivity contribution in [2.24, 2.45) is 11.3 Å². The summed E-state index contributed by atoms with van der Waals surface area (Å²) in [5.74, 6) is 0.914. The van der Waals surface area contributed by atoms with Gasteiger partial charge in [-0.05, 0) is 37.0 Å². The van der Waals surface area contributed by atoms with E-state index in [-0.39, 0.29) is 0 Å². The van der Waals surface area contributed by atoms with Gasteiger partial charge >= 0.3 is 0 Å². The van der Waals surface area contributed by atoms with E-state index in [9.17, 15) is 0 Å². The van der Waals surface area contributed by atoms with Crippen molar-refractivity contribution in [1.29, 1.82) is 0 Å². The minimum atomic E-state index is 0.757. The van der Waals surface area contributed by atoms with Crippen LogP contribution in [0.2, 0.25) is 0 Å². The highest BCUT2D eigenvalue weighted by Gasteiger charge is 2.58. The SMILES string of the molecule is CC(C)C12CC(C1)N(C1CC1)C2. The van der Waals surface area contributed by atoms with E-state index < -0.39 is 0 Å². The molecule has 1 nitrogen and oxygen atoms in total. The number of rotatable bonds is 2. The Bertz CT molecular complexity index is 199. The van der Waals surface area contributed by atoms with Gasteiger partial charge in [0.05, 0.1) is 0 Å². The average Bonchev–Trinajstić information content (AvgIpc) is 2.61. The fourth-order valence-corrected chi connectivity index (χ4v) is 3.22. The minimum Gasteiger partial charge on any atom is -0.297 e. The lowest BCUT2D eigenvalue weighted by atomic mass is 9.63. The van der Waals surface area contributed by atoms with Gasteiger partial charge in [-0.2, -0.15) is 0 Å². The highest BCUT2D eigenvalue weighted by molar-refractivity contribution is 5.12. The molecule has 0 aromatic carbocycles. The van der Waals surface area contributed by atoms with Crippen molar-refractivity contribution in [3.63, 3.8) is 0 Å². The molecular weight excluding hydrogens is 146 g/mol. The van der Waals surface area contributed by atoms with Crippen LogP contribution >= 0.6 is 0 Å². The number of nitrogens with zero attached hydrogens (tertiary/aromatic N) is 1. The molecule has 0 unspecified atom stereocenters. The molecule has 4 aliphatic rings. The topological polar surface area (TPSA) is 3.24 Å². The Morgan fingerprint density at radius 3 is 2.25 bits per heavy atom. The molecule has 0 aromatic rings. The predicted molar refractivity (Wildman–Crippen MR) is 50.0 cm³/mol. The monoisotopic (exact) mass is 165 g/mol. The van der Waals surface area contributed by atoms with Gasteiger partial charge in [0.1, 0.15) is 0 Å². The molecular formula is C11H19N. The Morgan fingerprint density at radius 2 is 1.83 bits per heavy atom. The van der Waals surface area contributed by atoms with Crippen LogP contribution in [-0.4, -0.2) is 23.5 Å². The van der Waals surface area contributed by atoms with Gasteiger partial charge in [0.25, 0.3) is 0 Å². The lowest BCUT2D eigenvalue weighted by molar-refractivity contribution is 0.117. The van der Waals surface area contributed by atoms with Gasteiger partial charge in [0, 0.05) is 18.6 Å². The maximum Gasteiger partial charge on any atom is 0.0110 e. The van der Waals surface area contributed by atoms with Crippen molar-refractivity contribution in [3.05, 3.63) is 0 Å². The van der Waals surface area contributed by atoms with Gasteiger partial charge in [-0.15, -0.1) is 0 Å². The molecule has 2 heterocycles. The summed E-state index contributed by atoms with van der Waals surface area (Å²) in [4.78, 5) is 2.81. The zero-order valence-electron chi connectivity index (χ0n) is 8.21. The second kappa shape index (κ2) is 2.06. The molecule has 2 saturated heterocycles. The summed E-state index contributed by atoms with van der Waals surface area (Å²) in [5.41, 5.74) is 0.757. The molecule has 0 spiro atoms. The van der Waals surface area contributed by atoms with E-state index >= 15 is 0 Å².